The van der Waals surface area contributed by atoms with E-state index >= 15 is 0 Å². The lowest BCUT2D eigenvalue weighted by Gasteiger charge is -2.12. The first kappa shape index (κ1) is 22.7. The summed E-state index contributed by atoms with van der Waals surface area (Å²) in [5, 5.41) is 11.6. The van der Waals surface area contributed by atoms with Crippen LogP contribution in [0.4, 0.5) is 17.5 Å². The molecular weight excluding hydrogens is 436 g/mol. The molecule has 0 saturated heterocycles. The second kappa shape index (κ2) is 8.82. The largest absolute Gasteiger partial charge is 0.372 e. The van der Waals surface area contributed by atoms with Crippen molar-refractivity contribution < 1.29 is 8.42 Å². The molecule has 0 aliphatic rings. The van der Waals surface area contributed by atoms with Crippen molar-refractivity contribution in [1.82, 2.24) is 19.7 Å². The highest BCUT2D eigenvalue weighted by atomic mass is 32.2. The van der Waals surface area contributed by atoms with Crippen molar-refractivity contribution in [3.63, 3.8) is 0 Å². The van der Waals surface area contributed by atoms with Gasteiger partial charge in [-0.1, -0.05) is 24.3 Å². The van der Waals surface area contributed by atoms with E-state index in [1.807, 2.05) is 50.0 Å². The van der Waals surface area contributed by atoms with Gasteiger partial charge in [0.2, 0.25) is 5.95 Å². The van der Waals surface area contributed by atoms with Gasteiger partial charge in [0.25, 0.3) is 0 Å². The molecule has 0 aliphatic heterocycles. The Balaban J connectivity index is 1.56. The quantitative estimate of drug-likeness (QED) is 0.417. The Kier molecular flexibility index (Phi) is 6.07. The maximum absolute atomic E-state index is 12.1. The summed E-state index contributed by atoms with van der Waals surface area (Å²) in [5.74, 6) is 1.17. The Hall–Kier alpha value is -3.46. The lowest BCUT2D eigenvalue weighted by Crippen LogP contribution is -2.15. The summed E-state index contributed by atoms with van der Waals surface area (Å²) in [6.45, 7) is 5.44. The predicted molar refractivity (Wildman–Crippen MR) is 134 cm³/mol. The topological polar surface area (TPSA) is 102 Å². The molecule has 2 aromatic heterocycles. The molecule has 0 spiro atoms. The van der Waals surface area contributed by atoms with Gasteiger partial charge >= 0.3 is 0 Å². The van der Waals surface area contributed by atoms with Crippen molar-refractivity contribution in [2.45, 2.75) is 31.8 Å². The fourth-order valence-corrected chi connectivity index (χ4v) is 4.55. The molecule has 2 heterocycles. The van der Waals surface area contributed by atoms with Crippen LogP contribution in [0, 0.1) is 6.92 Å². The third-order valence-corrected chi connectivity index (χ3v) is 7.94. The summed E-state index contributed by atoms with van der Waals surface area (Å²) in [7, 11) is 0.623. The second-order valence-corrected chi connectivity index (χ2v) is 10.9. The van der Waals surface area contributed by atoms with Gasteiger partial charge in [-0.25, -0.2) is 13.4 Å². The number of anilines is 3. The van der Waals surface area contributed by atoms with Crippen LogP contribution in [0.2, 0.25) is 0 Å². The number of benzene rings is 2. The van der Waals surface area contributed by atoms with Crippen LogP contribution in [0.1, 0.15) is 25.1 Å². The minimum absolute atomic E-state index is 0.0280. The number of sulfone groups is 1. The average molecular weight is 465 g/mol. The van der Waals surface area contributed by atoms with Crippen LogP contribution in [0.25, 0.3) is 22.0 Å². The van der Waals surface area contributed by atoms with E-state index < -0.39 is 15.1 Å². The minimum atomic E-state index is -3.14. The van der Waals surface area contributed by atoms with Crippen LogP contribution >= 0.6 is 0 Å². The number of fused-ring (bicyclic) bond motifs is 1. The molecule has 172 valence electrons. The van der Waals surface area contributed by atoms with E-state index in [2.05, 4.69) is 31.8 Å². The number of rotatable bonds is 7. The predicted octanol–water partition coefficient (Wildman–Crippen LogP) is 4.45. The Labute approximate surface area is 194 Å². The highest BCUT2D eigenvalue weighted by molar-refractivity contribution is 7.91. The van der Waals surface area contributed by atoms with Gasteiger partial charge in [-0.3, -0.25) is 4.68 Å². The lowest BCUT2D eigenvalue weighted by atomic mass is 10.1. The van der Waals surface area contributed by atoms with Crippen LogP contribution in [0.5, 0.6) is 0 Å². The van der Waals surface area contributed by atoms with E-state index in [1.165, 1.54) is 0 Å². The van der Waals surface area contributed by atoms with Gasteiger partial charge in [0.05, 0.1) is 16.5 Å². The number of aryl methyl sites for hydroxylation is 2. The third-order valence-electron chi connectivity index (χ3n) is 5.76. The summed E-state index contributed by atoms with van der Waals surface area (Å²) in [6.07, 6.45) is 1.78. The first-order valence-electron chi connectivity index (χ1n) is 10.7. The van der Waals surface area contributed by atoms with Crippen molar-refractivity contribution in [3.8, 4) is 11.1 Å². The molecule has 2 aromatic carbocycles. The normalized spacial score (nSPS) is 11.8. The molecule has 0 bridgehead atoms. The van der Waals surface area contributed by atoms with Gasteiger partial charge in [-0.05, 0) is 50.1 Å². The smallest absolute Gasteiger partial charge is 0.229 e. The Bertz CT molecular complexity index is 1410. The fraction of sp³-hybridized carbons (Fsp3) is 0.292. The summed E-state index contributed by atoms with van der Waals surface area (Å²) < 4.78 is 26.2. The number of aromatic nitrogens is 4. The van der Waals surface area contributed by atoms with Gasteiger partial charge in [0.15, 0.2) is 9.84 Å². The molecule has 0 amide bonds. The maximum Gasteiger partial charge on any atom is 0.229 e. The molecular formula is C24H28N6O2S. The van der Waals surface area contributed by atoms with Crippen molar-refractivity contribution in [3.05, 3.63) is 59.9 Å². The zero-order valence-corrected chi connectivity index (χ0v) is 20.2. The molecule has 0 fully saturated rings. The van der Waals surface area contributed by atoms with Gasteiger partial charge in [-0.15, -0.1) is 0 Å². The monoisotopic (exact) mass is 464 g/mol. The molecule has 2 N–H and O–H groups in total. The second-order valence-electron chi connectivity index (χ2n) is 8.32. The number of nitrogens with one attached hydrogen (secondary N) is 2. The van der Waals surface area contributed by atoms with Crippen LogP contribution in [-0.2, 0) is 22.6 Å². The standard InChI is InChI=1S/C24H28N6O2S/c1-15(2)33(31,32)14-17-6-9-19(10-7-17)27-24-26-13-21(23(25-4)28-24)18-8-11-20-16(3)30(5)29-22(20)12-18/h6-13,15H,14H2,1-5H3,(H2,25,26,27,28). The minimum Gasteiger partial charge on any atom is -0.372 e. The molecule has 9 heteroatoms. The molecule has 4 rings (SSSR count). The molecule has 33 heavy (non-hydrogen) atoms. The zero-order valence-electron chi connectivity index (χ0n) is 19.4. The van der Waals surface area contributed by atoms with E-state index in [0.717, 1.165) is 39.0 Å². The Morgan fingerprint density at radius 1 is 1.09 bits per heavy atom. The molecule has 4 aromatic rings. The fourth-order valence-electron chi connectivity index (χ4n) is 3.56. The van der Waals surface area contributed by atoms with Crippen LogP contribution in [0.15, 0.2) is 48.7 Å². The van der Waals surface area contributed by atoms with E-state index in [-0.39, 0.29) is 5.75 Å². The van der Waals surface area contributed by atoms with Gasteiger partial charge in [0.1, 0.15) is 5.82 Å². The first-order chi connectivity index (χ1) is 15.7. The van der Waals surface area contributed by atoms with E-state index in [0.29, 0.717) is 11.8 Å². The Morgan fingerprint density at radius 3 is 2.48 bits per heavy atom. The van der Waals surface area contributed by atoms with Crippen LogP contribution in [0.3, 0.4) is 0 Å². The number of nitrogens with zero attached hydrogens (tertiary/aromatic N) is 4. The van der Waals surface area contributed by atoms with Crippen molar-refractivity contribution in [1.29, 1.82) is 0 Å². The number of hydrogen-bond donors (Lipinski definition) is 2. The summed E-state index contributed by atoms with van der Waals surface area (Å²) in [6, 6.07) is 13.4. The van der Waals surface area contributed by atoms with E-state index in [4.69, 9.17) is 0 Å². The Morgan fingerprint density at radius 2 is 1.82 bits per heavy atom. The van der Waals surface area contributed by atoms with Gasteiger partial charge < -0.3 is 10.6 Å². The summed E-state index contributed by atoms with van der Waals surface area (Å²) in [4.78, 5) is 9.10. The average Bonchev–Trinajstić information content (AvgIpc) is 3.07. The van der Waals surface area contributed by atoms with E-state index in [1.54, 1.807) is 32.2 Å². The molecule has 0 radical (unpaired) electrons. The van der Waals surface area contributed by atoms with Crippen molar-refractivity contribution in [2.75, 3.05) is 17.7 Å². The SMILES string of the molecule is CNc1nc(Nc2ccc(CS(=O)(=O)C(C)C)cc2)ncc1-c1ccc2c(C)n(C)nc2c1. The first-order valence-corrected chi connectivity index (χ1v) is 12.5. The molecule has 0 saturated carbocycles. The summed E-state index contributed by atoms with van der Waals surface area (Å²) in [5.41, 5.74) is 5.43. The van der Waals surface area contributed by atoms with Crippen LogP contribution in [-0.4, -0.2) is 40.5 Å². The summed E-state index contributed by atoms with van der Waals surface area (Å²) >= 11 is 0. The molecule has 0 aliphatic carbocycles. The highest BCUT2D eigenvalue weighted by Gasteiger charge is 2.17. The van der Waals surface area contributed by atoms with Gasteiger partial charge in [-0.2, -0.15) is 10.1 Å². The molecule has 0 unspecified atom stereocenters. The van der Waals surface area contributed by atoms with Gasteiger partial charge in [0, 0.05) is 42.6 Å². The molecule has 8 nitrogen and oxygen atoms in total. The van der Waals surface area contributed by atoms with Crippen LogP contribution < -0.4 is 10.6 Å². The maximum atomic E-state index is 12.1. The molecule has 0 atom stereocenters. The van der Waals surface area contributed by atoms with Crippen molar-refractivity contribution in [2.24, 2.45) is 7.05 Å². The lowest BCUT2D eigenvalue weighted by molar-refractivity contribution is 0.586. The highest BCUT2D eigenvalue weighted by Crippen LogP contribution is 2.30. The number of hydrogen-bond acceptors (Lipinski definition) is 7. The third kappa shape index (κ3) is 4.68. The zero-order chi connectivity index (χ0) is 23.8. The van der Waals surface area contributed by atoms with Crippen molar-refractivity contribution >= 4 is 38.2 Å². The van der Waals surface area contributed by atoms with E-state index in [9.17, 15) is 8.42 Å².